The molecule has 1 fully saturated rings. The van der Waals surface area contributed by atoms with Gasteiger partial charge in [0.2, 0.25) is 0 Å². The Hall–Kier alpha value is -4.41. The molecular weight excluding hydrogens is 504 g/mol. The minimum absolute atomic E-state index is 0.125. The standard InChI is InChI=1S/C28H33F2N7O2/c1-15(2)34-28(39)18-7-8-23-24(25(18)30)26(32)19(29)12-20(31)16(3)27(38)35-21-13-33-10-9-22(21)37-11-5-6-17(14-37)36(23)4/h7-10,12-13,15,17H,3,5-6,11,14,31-32H2,1-2,4H3,(H,34,39)(H,35,38)/b20-12+,26-19+/t17-/m0/s1. The zero-order chi connectivity index (χ0) is 28.4. The Morgan fingerprint density at radius 1 is 1.23 bits per heavy atom. The second-order valence-electron chi connectivity index (χ2n) is 9.99. The quantitative estimate of drug-likeness (QED) is 0.432. The molecule has 0 radical (unpaired) electrons. The number of likely N-dealkylation sites (N-methyl/N-ethyl adjacent to an activating group) is 1. The minimum atomic E-state index is -1.07. The summed E-state index contributed by atoms with van der Waals surface area (Å²) in [6.07, 6.45) is 5.56. The number of halogens is 2. The lowest BCUT2D eigenvalue weighted by molar-refractivity contribution is -0.112. The zero-order valence-electron chi connectivity index (χ0n) is 22.2. The fourth-order valence-electron chi connectivity index (χ4n) is 4.83. The van der Waals surface area contributed by atoms with Crippen LogP contribution in [0, 0.1) is 5.82 Å². The molecule has 1 atom stereocenters. The first-order valence-electron chi connectivity index (χ1n) is 12.7. The number of nitrogens with zero attached hydrogens (tertiary/aromatic N) is 3. The van der Waals surface area contributed by atoms with E-state index in [0.29, 0.717) is 24.5 Å². The Labute approximate surface area is 226 Å². The van der Waals surface area contributed by atoms with Crippen molar-refractivity contribution in [2.75, 3.05) is 35.3 Å². The molecule has 4 rings (SSSR count). The van der Waals surface area contributed by atoms with Gasteiger partial charge in [-0.1, -0.05) is 6.58 Å². The van der Waals surface area contributed by atoms with Crippen molar-refractivity contribution in [2.24, 2.45) is 11.5 Å². The number of allylic oxidation sites excluding steroid dienone is 2. The predicted octanol–water partition coefficient (Wildman–Crippen LogP) is 3.41. The second-order valence-corrected chi connectivity index (χ2v) is 9.99. The van der Waals surface area contributed by atoms with Gasteiger partial charge < -0.3 is 31.9 Å². The summed E-state index contributed by atoms with van der Waals surface area (Å²) < 4.78 is 31.5. The summed E-state index contributed by atoms with van der Waals surface area (Å²) in [5, 5.41) is 5.41. The molecule has 9 nitrogen and oxygen atoms in total. The van der Waals surface area contributed by atoms with Gasteiger partial charge in [-0.2, -0.15) is 0 Å². The highest BCUT2D eigenvalue weighted by Gasteiger charge is 2.30. The fourth-order valence-corrected chi connectivity index (χ4v) is 4.83. The number of nitrogens with one attached hydrogen (secondary N) is 2. The Kier molecular flexibility index (Phi) is 7.89. The number of benzene rings is 1. The van der Waals surface area contributed by atoms with Crippen LogP contribution in [0.1, 0.15) is 42.6 Å². The number of pyridine rings is 1. The maximum atomic E-state index is 16.0. The summed E-state index contributed by atoms with van der Waals surface area (Å²) in [7, 11) is 1.78. The van der Waals surface area contributed by atoms with Crippen LogP contribution < -0.4 is 31.9 Å². The van der Waals surface area contributed by atoms with Crippen LogP contribution in [-0.4, -0.2) is 49.0 Å². The molecule has 2 amide bonds. The number of fused-ring (bicyclic) bond motifs is 5. The number of hydrogen-bond donors (Lipinski definition) is 4. The van der Waals surface area contributed by atoms with Gasteiger partial charge in [0.1, 0.15) is 11.6 Å². The van der Waals surface area contributed by atoms with Crippen LogP contribution in [0.15, 0.2) is 60.3 Å². The van der Waals surface area contributed by atoms with Gasteiger partial charge in [-0.3, -0.25) is 14.6 Å². The van der Waals surface area contributed by atoms with E-state index in [1.54, 1.807) is 39.2 Å². The van der Waals surface area contributed by atoms with Crippen molar-refractivity contribution in [3.63, 3.8) is 0 Å². The molecular formula is C28H33F2N7O2. The van der Waals surface area contributed by atoms with Crippen LogP contribution in [0.5, 0.6) is 0 Å². The van der Waals surface area contributed by atoms with E-state index in [1.807, 2.05) is 4.90 Å². The summed E-state index contributed by atoms with van der Waals surface area (Å²) >= 11 is 0. The number of nitrogens with two attached hydrogens (primary N) is 2. The molecule has 11 heteroatoms. The summed E-state index contributed by atoms with van der Waals surface area (Å²) in [6, 6.07) is 4.37. The van der Waals surface area contributed by atoms with E-state index in [-0.39, 0.29) is 34.5 Å². The number of piperidine rings is 1. The average molecular weight is 538 g/mol. The maximum absolute atomic E-state index is 16.0. The van der Waals surface area contributed by atoms with Crippen molar-refractivity contribution < 1.29 is 18.4 Å². The van der Waals surface area contributed by atoms with Crippen molar-refractivity contribution in [3.05, 3.63) is 77.3 Å². The summed E-state index contributed by atoms with van der Waals surface area (Å²) in [6.45, 7) is 8.43. The van der Waals surface area contributed by atoms with Crippen molar-refractivity contribution in [1.82, 2.24) is 10.3 Å². The maximum Gasteiger partial charge on any atom is 0.257 e. The molecule has 2 aromatic rings. The average Bonchev–Trinajstić information content (AvgIpc) is 2.91. The van der Waals surface area contributed by atoms with E-state index < -0.39 is 29.2 Å². The highest BCUT2D eigenvalue weighted by atomic mass is 19.1. The number of amides is 2. The third-order valence-electron chi connectivity index (χ3n) is 6.93. The van der Waals surface area contributed by atoms with Gasteiger partial charge in [0.05, 0.1) is 40.0 Å². The van der Waals surface area contributed by atoms with Gasteiger partial charge in [0.25, 0.3) is 11.8 Å². The van der Waals surface area contributed by atoms with Gasteiger partial charge in [-0.25, -0.2) is 8.78 Å². The molecule has 1 aromatic carbocycles. The lowest BCUT2D eigenvalue weighted by Gasteiger charge is -2.41. The molecule has 2 bridgehead atoms. The monoisotopic (exact) mass is 537 g/mol. The number of carbonyl (C=O) groups is 2. The molecule has 0 aliphatic carbocycles. The Balaban J connectivity index is 1.93. The van der Waals surface area contributed by atoms with Crippen molar-refractivity contribution >= 4 is 34.6 Å². The third kappa shape index (κ3) is 5.57. The first-order chi connectivity index (χ1) is 18.5. The number of aromatic nitrogens is 1. The molecule has 1 saturated heterocycles. The van der Waals surface area contributed by atoms with Crippen molar-refractivity contribution in [3.8, 4) is 0 Å². The van der Waals surface area contributed by atoms with E-state index in [0.717, 1.165) is 24.6 Å². The third-order valence-corrected chi connectivity index (χ3v) is 6.93. The highest BCUT2D eigenvalue weighted by Crippen LogP contribution is 2.36. The lowest BCUT2D eigenvalue weighted by atomic mass is 9.98. The van der Waals surface area contributed by atoms with Gasteiger partial charge in [0, 0.05) is 49.8 Å². The Bertz CT molecular complexity index is 1390. The molecule has 206 valence electrons. The van der Waals surface area contributed by atoms with Crippen molar-refractivity contribution in [2.45, 2.75) is 38.8 Å². The predicted molar refractivity (Wildman–Crippen MR) is 149 cm³/mol. The van der Waals surface area contributed by atoms with E-state index in [9.17, 15) is 9.59 Å². The number of rotatable bonds is 2. The van der Waals surface area contributed by atoms with Gasteiger partial charge in [0.15, 0.2) is 0 Å². The molecule has 0 spiro atoms. The highest BCUT2D eigenvalue weighted by molar-refractivity contribution is 6.07. The molecule has 0 unspecified atom stereocenters. The summed E-state index contributed by atoms with van der Waals surface area (Å²) in [5.74, 6) is -3.32. The van der Waals surface area contributed by atoms with E-state index in [2.05, 4.69) is 27.1 Å². The summed E-state index contributed by atoms with van der Waals surface area (Å²) in [4.78, 5) is 33.8. The molecule has 1 aromatic heterocycles. The molecule has 6 N–H and O–H groups in total. The molecule has 0 saturated carbocycles. The topological polar surface area (TPSA) is 130 Å². The largest absolute Gasteiger partial charge is 0.398 e. The van der Waals surface area contributed by atoms with E-state index >= 15 is 8.78 Å². The van der Waals surface area contributed by atoms with E-state index in [1.165, 1.54) is 12.3 Å². The minimum Gasteiger partial charge on any atom is -0.398 e. The molecule has 39 heavy (non-hydrogen) atoms. The fraction of sp³-hybridized carbons (Fsp3) is 0.321. The lowest BCUT2D eigenvalue weighted by Crippen LogP contribution is -2.47. The van der Waals surface area contributed by atoms with Crippen LogP contribution in [-0.2, 0) is 4.79 Å². The SMILES string of the molecule is C=C1C(=O)Nc2cnccc2N2CCC[C@@H](C2)N(C)c2ccc(C(=O)NC(C)C)c(F)c2/C(N)=C(F)/C=C\1N. The smallest absolute Gasteiger partial charge is 0.257 e. The number of hydrogen-bond acceptors (Lipinski definition) is 7. The Morgan fingerprint density at radius 3 is 2.69 bits per heavy atom. The van der Waals surface area contributed by atoms with Crippen LogP contribution in [0.3, 0.4) is 0 Å². The van der Waals surface area contributed by atoms with Crippen LogP contribution in [0.2, 0.25) is 0 Å². The molecule has 3 heterocycles. The number of anilines is 3. The number of carbonyl (C=O) groups excluding carboxylic acids is 2. The molecule has 2 aliphatic rings. The summed E-state index contributed by atoms with van der Waals surface area (Å²) in [5.41, 5.74) is 12.1. The first-order valence-corrected chi connectivity index (χ1v) is 12.7. The van der Waals surface area contributed by atoms with Crippen LogP contribution in [0.4, 0.5) is 25.8 Å². The first kappa shape index (κ1) is 27.6. The van der Waals surface area contributed by atoms with E-state index in [4.69, 9.17) is 11.5 Å². The van der Waals surface area contributed by atoms with Gasteiger partial charge in [-0.15, -0.1) is 0 Å². The van der Waals surface area contributed by atoms with Crippen LogP contribution >= 0.6 is 0 Å². The normalized spacial score (nSPS) is 21.7. The zero-order valence-corrected chi connectivity index (χ0v) is 22.2. The molecule has 2 aliphatic heterocycles. The second kappa shape index (κ2) is 11.1. The van der Waals surface area contributed by atoms with Gasteiger partial charge >= 0.3 is 0 Å². The van der Waals surface area contributed by atoms with Crippen molar-refractivity contribution in [1.29, 1.82) is 0 Å². The van der Waals surface area contributed by atoms with Gasteiger partial charge in [-0.05, 0) is 51.0 Å². The Morgan fingerprint density at radius 2 is 1.97 bits per heavy atom. The van der Waals surface area contributed by atoms with Crippen LogP contribution in [0.25, 0.3) is 5.70 Å².